The molecule has 4 N–H and O–H groups in total. The summed E-state index contributed by atoms with van der Waals surface area (Å²) in [5.41, 5.74) is 6.02. The van der Waals surface area contributed by atoms with Crippen molar-refractivity contribution >= 4 is 74.5 Å². The molecule has 0 aromatic carbocycles. The van der Waals surface area contributed by atoms with Gasteiger partial charge in [-0.2, -0.15) is 9.36 Å². The molecule has 0 saturated carbocycles. The number of hydrogen-bond donors (Lipinski definition) is 3. The third kappa shape index (κ3) is 3.80. The first-order valence-electron chi connectivity index (χ1n) is 7.95. The Bertz CT molecular complexity index is 887. The Labute approximate surface area is 181 Å². The van der Waals surface area contributed by atoms with E-state index in [1.165, 1.54) is 16.7 Å². The highest BCUT2D eigenvalue weighted by atomic mass is 127. The molecule has 2 atom stereocenters. The van der Waals surface area contributed by atoms with Gasteiger partial charge in [-0.15, -0.1) is 11.8 Å². The van der Waals surface area contributed by atoms with Crippen LogP contribution in [0.1, 0.15) is 12.7 Å². The van der Waals surface area contributed by atoms with Crippen LogP contribution in [0.5, 0.6) is 0 Å². The van der Waals surface area contributed by atoms with Crippen molar-refractivity contribution in [2.45, 2.75) is 18.3 Å². The number of hydrogen-bond acceptors (Lipinski definition) is 10. The Morgan fingerprint density at radius 1 is 1.54 bits per heavy atom. The molecule has 0 unspecified atom stereocenters. The van der Waals surface area contributed by atoms with Crippen molar-refractivity contribution in [2.75, 3.05) is 22.5 Å². The standard InChI is InChI=1S/C14H15IN6O5S2/c1-2-26-19-6(9-18-14(16)28-20-9)10(22)17-7-11(23)21-8(13(24)25)5(3-15)4-27-12(7)21/h7,12H,2-4H2,1H3,(H,17,22)(H,24,25)(H2,16,18,20)/b19-6-/t7-,12+/m1/s1. The highest BCUT2D eigenvalue weighted by Crippen LogP contribution is 2.40. The predicted molar refractivity (Wildman–Crippen MR) is 111 cm³/mol. The Balaban J connectivity index is 1.79. The first-order valence-corrected chi connectivity index (χ1v) is 11.3. The molecule has 1 aromatic rings. The fourth-order valence-electron chi connectivity index (χ4n) is 2.64. The highest BCUT2D eigenvalue weighted by Gasteiger charge is 2.54. The lowest BCUT2D eigenvalue weighted by atomic mass is 10.0. The summed E-state index contributed by atoms with van der Waals surface area (Å²) in [4.78, 5) is 46.9. The number of carboxylic acids is 1. The molecule has 2 amide bonds. The molecule has 14 heteroatoms. The Hall–Kier alpha value is -1.94. The second-order valence-electron chi connectivity index (χ2n) is 5.57. The van der Waals surface area contributed by atoms with Gasteiger partial charge in [0.25, 0.3) is 11.8 Å². The minimum absolute atomic E-state index is 0.00769. The molecule has 2 aliphatic heterocycles. The number of nitrogens with two attached hydrogens (primary N) is 1. The van der Waals surface area contributed by atoms with E-state index < -0.39 is 29.2 Å². The van der Waals surface area contributed by atoms with Gasteiger partial charge in [0.2, 0.25) is 11.5 Å². The van der Waals surface area contributed by atoms with Gasteiger partial charge in [-0.25, -0.2) is 4.79 Å². The van der Waals surface area contributed by atoms with E-state index in [-0.39, 0.29) is 29.0 Å². The Morgan fingerprint density at radius 3 is 2.86 bits per heavy atom. The average Bonchev–Trinajstić information content (AvgIpc) is 3.10. The molecule has 11 nitrogen and oxygen atoms in total. The maximum absolute atomic E-state index is 12.7. The van der Waals surface area contributed by atoms with Crippen LogP contribution in [0.25, 0.3) is 0 Å². The number of carboxylic acid groups (broad SMARTS) is 1. The Morgan fingerprint density at radius 2 is 2.29 bits per heavy atom. The lowest BCUT2D eigenvalue weighted by Gasteiger charge is -2.49. The average molecular weight is 538 g/mol. The van der Waals surface area contributed by atoms with Gasteiger partial charge in [0.1, 0.15) is 23.7 Å². The number of nitrogens with zero attached hydrogens (tertiary/aromatic N) is 4. The van der Waals surface area contributed by atoms with Gasteiger partial charge >= 0.3 is 5.97 Å². The third-order valence-electron chi connectivity index (χ3n) is 3.85. The number of rotatable bonds is 7. The number of β-lactam (4-membered cyclic amide) rings is 1. The van der Waals surface area contributed by atoms with Crippen molar-refractivity contribution < 1.29 is 24.3 Å². The van der Waals surface area contributed by atoms with Crippen molar-refractivity contribution in [3.8, 4) is 0 Å². The van der Waals surface area contributed by atoms with E-state index in [0.29, 0.717) is 15.8 Å². The van der Waals surface area contributed by atoms with Crippen molar-refractivity contribution in [3.63, 3.8) is 0 Å². The lowest BCUT2D eigenvalue weighted by Crippen LogP contribution is -2.71. The van der Waals surface area contributed by atoms with Crippen LogP contribution in [0.2, 0.25) is 0 Å². The molecule has 2 aliphatic rings. The fraction of sp³-hybridized carbons (Fsp3) is 0.429. The van der Waals surface area contributed by atoms with Gasteiger partial charge in [-0.3, -0.25) is 14.5 Å². The number of carbonyl (C=O) groups is 3. The topological polar surface area (TPSA) is 160 Å². The number of aromatic nitrogens is 2. The molecule has 3 rings (SSSR count). The molecular formula is C14H15IN6O5S2. The quantitative estimate of drug-likeness (QED) is 0.143. The molecular weight excluding hydrogens is 523 g/mol. The molecule has 0 bridgehead atoms. The molecule has 28 heavy (non-hydrogen) atoms. The summed E-state index contributed by atoms with van der Waals surface area (Å²) < 4.78 is 4.45. The smallest absolute Gasteiger partial charge is 0.352 e. The number of nitrogens with one attached hydrogen (secondary N) is 1. The van der Waals surface area contributed by atoms with E-state index in [4.69, 9.17) is 10.6 Å². The van der Waals surface area contributed by atoms with Crippen LogP contribution in [-0.2, 0) is 19.2 Å². The summed E-state index contributed by atoms with van der Waals surface area (Å²) in [6, 6.07) is -0.884. The molecule has 1 saturated heterocycles. The van der Waals surface area contributed by atoms with E-state index in [9.17, 15) is 19.5 Å². The largest absolute Gasteiger partial charge is 0.477 e. The number of anilines is 1. The van der Waals surface area contributed by atoms with E-state index in [1.807, 2.05) is 0 Å². The van der Waals surface area contributed by atoms with E-state index in [2.05, 4.69) is 42.4 Å². The van der Waals surface area contributed by atoms with Gasteiger partial charge in [-0.1, -0.05) is 27.7 Å². The van der Waals surface area contributed by atoms with Crippen molar-refractivity contribution in [2.24, 2.45) is 5.16 Å². The van der Waals surface area contributed by atoms with Crippen LogP contribution >= 0.6 is 45.9 Å². The van der Waals surface area contributed by atoms with Crippen LogP contribution in [0, 0.1) is 0 Å². The lowest BCUT2D eigenvalue weighted by molar-refractivity contribution is -0.150. The number of carbonyl (C=O) groups excluding carboxylic acids is 2. The van der Waals surface area contributed by atoms with Crippen LogP contribution in [0.4, 0.5) is 5.13 Å². The molecule has 150 valence electrons. The van der Waals surface area contributed by atoms with Crippen LogP contribution < -0.4 is 11.1 Å². The molecule has 0 spiro atoms. The Kier molecular flexibility index (Phi) is 6.39. The van der Waals surface area contributed by atoms with Gasteiger partial charge < -0.3 is 21.0 Å². The number of aliphatic carboxylic acids is 1. The van der Waals surface area contributed by atoms with Crippen LogP contribution in [0.15, 0.2) is 16.4 Å². The van der Waals surface area contributed by atoms with Crippen molar-refractivity contribution in [1.82, 2.24) is 19.6 Å². The molecule has 3 heterocycles. The highest BCUT2D eigenvalue weighted by molar-refractivity contribution is 14.1. The van der Waals surface area contributed by atoms with Crippen molar-refractivity contribution in [1.29, 1.82) is 0 Å². The van der Waals surface area contributed by atoms with Crippen LogP contribution in [0.3, 0.4) is 0 Å². The zero-order valence-electron chi connectivity index (χ0n) is 14.4. The molecule has 1 fully saturated rings. The number of alkyl halides is 1. The number of amides is 2. The molecule has 1 aromatic heterocycles. The first kappa shape index (κ1) is 20.8. The second kappa shape index (κ2) is 8.60. The fourth-order valence-corrected chi connectivity index (χ4v) is 5.42. The minimum atomic E-state index is -1.16. The summed E-state index contributed by atoms with van der Waals surface area (Å²) in [5, 5.41) is 15.4. The normalized spacial score (nSPS) is 21.9. The molecule has 0 aliphatic carbocycles. The van der Waals surface area contributed by atoms with E-state index >= 15 is 0 Å². The van der Waals surface area contributed by atoms with Gasteiger partial charge in [0.05, 0.1) is 0 Å². The number of nitrogen functional groups attached to an aromatic ring is 1. The van der Waals surface area contributed by atoms with Gasteiger partial charge in [0, 0.05) is 21.7 Å². The van der Waals surface area contributed by atoms with Gasteiger partial charge in [0.15, 0.2) is 5.13 Å². The van der Waals surface area contributed by atoms with Crippen LogP contribution in [-0.4, -0.2) is 71.1 Å². The number of thioether (sulfide) groups is 1. The monoisotopic (exact) mass is 538 g/mol. The van der Waals surface area contributed by atoms with E-state index in [1.54, 1.807) is 6.92 Å². The number of fused-ring (bicyclic) bond motifs is 1. The first-order chi connectivity index (χ1) is 13.4. The maximum atomic E-state index is 12.7. The maximum Gasteiger partial charge on any atom is 0.352 e. The predicted octanol–water partition coefficient (Wildman–Crippen LogP) is 0.0345. The number of halogens is 1. The summed E-state index contributed by atoms with van der Waals surface area (Å²) in [5.74, 6) is -1.89. The summed E-state index contributed by atoms with van der Waals surface area (Å²) in [6.07, 6.45) is 0. The van der Waals surface area contributed by atoms with Crippen molar-refractivity contribution in [3.05, 3.63) is 17.1 Å². The summed E-state index contributed by atoms with van der Waals surface area (Å²) in [6.45, 7) is 1.91. The number of oxime groups is 1. The minimum Gasteiger partial charge on any atom is -0.477 e. The third-order valence-corrected chi connectivity index (χ3v) is 6.65. The summed E-state index contributed by atoms with van der Waals surface area (Å²) >= 11 is 4.35. The zero-order chi connectivity index (χ0) is 20.4. The van der Waals surface area contributed by atoms with E-state index in [0.717, 1.165) is 11.5 Å². The second-order valence-corrected chi connectivity index (χ2v) is 8.22. The molecule has 0 radical (unpaired) electrons. The summed E-state index contributed by atoms with van der Waals surface area (Å²) in [7, 11) is 0. The van der Waals surface area contributed by atoms with Gasteiger partial charge in [-0.05, 0) is 12.5 Å². The zero-order valence-corrected chi connectivity index (χ0v) is 18.2. The SMILES string of the molecule is CCO/N=C(\C(=O)N[C@@H]1C(=O)N2C(C(=O)O)=C(CI)CS[C@@H]12)c1nsc(N)n1.